The van der Waals surface area contributed by atoms with Crippen LogP contribution in [0.5, 0.6) is 0 Å². The van der Waals surface area contributed by atoms with E-state index in [1.807, 2.05) is 42.1 Å². The Bertz CT molecular complexity index is 805. The lowest BCUT2D eigenvalue weighted by molar-refractivity contribution is 1.12. The Hall–Kier alpha value is -2.00. The molecule has 0 radical (unpaired) electrons. The number of para-hydroxylation sites is 1. The van der Waals surface area contributed by atoms with Crippen LogP contribution in [-0.2, 0) is 12.2 Å². The minimum atomic E-state index is 0.00175. The van der Waals surface area contributed by atoms with E-state index in [2.05, 4.69) is 35.5 Å². The van der Waals surface area contributed by atoms with E-state index in [4.69, 9.17) is 0 Å². The molecule has 1 N–H and O–H groups in total. The molecule has 106 valence electrons. The quantitative estimate of drug-likeness (QED) is 0.789. The van der Waals surface area contributed by atoms with Crippen LogP contribution in [0.25, 0.3) is 10.9 Å². The first-order valence-electron chi connectivity index (χ1n) is 6.94. The number of aromatic nitrogens is 1. The van der Waals surface area contributed by atoms with Gasteiger partial charge < -0.3 is 4.98 Å². The van der Waals surface area contributed by atoms with Gasteiger partial charge in [-0.05, 0) is 34.9 Å². The third kappa shape index (κ3) is 3.19. The van der Waals surface area contributed by atoms with Crippen LogP contribution in [-0.4, -0.2) is 11.2 Å². The van der Waals surface area contributed by atoms with Gasteiger partial charge in [-0.15, -0.1) is 0 Å². The number of H-pyrrole nitrogens is 1. The number of hydrogen-bond donors (Lipinski definition) is 1. The molecule has 0 aliphatic rings. The molecule has 0 amide bonds. The average molecular weight is 295 g/mol. The third-order valence-corrected chi connectivity index (χ3v) is 4.18. The lowest BCUT2D eigenvalue weighted by Gasteiger charge is -2.05. The van der Waals surface area contributed by atoms with Crippen molar-refractivity contribution in [2.24, 2.45) is 0 Å². The van der Waals surface area contributed by atoms with Crippen LogP contribution < -0.4 is 5.56 Å². The van der Waals surface area contributed by atoms with E-state index >= 15 is 0 Å². The standard InChI is InChI=1S/C18H17NOS/c1-21-12-14-8-6-13(7-9-14)10-16-11-15-4-2-3-5-17(15)19-18(16)20/h2-9,11H,10,12H2,1H3,(H,19,20). The molecule has 0 saturated carbocycles. The summed E-state index contributed by atoms with van der Waals surface area (Å²) >= 11 is 1.81. The zero-order chi connectivity index (χ0) is 14.7. The average Bonchev–Trinajstić information content (AvgIpc) is 2.50. The number of rotatable bonds is 4. The van der Waals surface area contributed by atoms with Gasteiger partial charge in [-0.3, -0.25) is 4.79 Å². The van der Waals surface area contributed by atoms with Gasteiger partial charge in [0.25, 0.3) is 5.56 Å². The van der Waals surface area contributed by atoms with Crippen molar-refractivity contribution < 1.29 is 0 Å². The summed E-state index contributed by atoms with van der Waals surface area (Å²) in [5, 5.41) is 1.08. The molecule has 1 aromatic heterocycles. The van der Waals surface area contributed by atoms with E-state index in [1.54, 1.807) is 0 Å². The van der Waals surface area contributed by atoms with Crippen LogP contribution in [0, 0.1) is 0 Å². The molecule has 3 aromatic rings. The second-order valence-electron chi connectivity index (χ2n) is 5.14. The van der Waals surface area contributed by atoms with Crippen LogP contribution >= 0.6 is 11.8 Å². The Morgan fingerprint density at radius 2 is 1.71 bits per heavy atom. The first-order chi connectivity index (χ1) is 10.3. The summed E-state index contributed by atoms with van der Waals surface area (Å²) in [7, 11) is 0. The Labute approximate surface area is 128 Å². The van der Waals surface area contributed by atoms with E-state index in [0.717, 1.165) is 22.2 Å². The molecule has 0 spiro atoms. The molecule has 2 nitrogen and oxygen atoms in total. The predicted molar refractivity (Wildman–Crippen MR) is 91.0 cm³/mol. The maximum Gasteiger partial charge on any atom is 0.251 e. The largest absolute Gasteiger partial charge is 0.322 e. The van der Waals surface area contributed by atoms with E-state index in [1.165, 1.54) is 11.1 Å². The highest BCUT2D eigenvalue weighted by Gasteiger charge is 2.04. The predicted octanol–water partition coefficient (Wildman–Crippen LogP) is 3.98. The van der Waals surface area contributed by atoms with E-state index in [9.17, 15) is 4.79 Å². The summed E-state index contributed by atoms with van der Waals surface area (Å²) in [6, 6.07) is 18.4. The van der Waals surface area contributed by atoms with Crippen LogP contribution in [0.4, 0.5) is 0 Å². The minimum absolute atomic E-state index is 0.00175. The molecule has 3 rings (SSSR count). The molecule has 2 aromatic carbocycles. The van der Waals surface area contributed by atoms with Gasteiger partial charge in [0, 0.05) is 23.3 Å². The summed E-state index contributed by atoms with van der Waals surface area (Å²) in [6.45, 7) is 0. The van der Waals surface area contributed by atoms with E-state index in [0.29, 0.717) is 6.42 Å². The molecule has 0 saturated heterocycles. The molecule has 0 fully saturated rings. The zero-order valence-electron chi connectivity index (χ0n) is 11.9. The summed E-state index contributed by atoms with van der Waals surface area (Å²) in [4.78, 5) is 15.1. The highest BCUT2D eigenvalue weighted by molar-refractivity contribution is 7.97. The van der Waals surface area contributed by atoms with Gasteiger partial charge in [-0.25, -0.2) is 0 Å². The number of thioether (sulfide) groups is 1. The normalized spacial score (nSPS) is 10.9. The number of pyridine rings is 1. The van der Waals surface area contributed by atoms with Crippen molar-refractivity contribution in [3.63, 3.8) is 0 Å². The Balaban J connectivity index is 1.90. The van der Waals surface area contributed by atoms with Gasteiger partial charge >= 0.3 is 0 Å². The minimum Gasteiger partial charge on any atom is -0.322 e. The number of nitrogens with one attached hydrogen (secondary N) is 1. The SMILES string of the molecule is CSCc1ccc(Cc2cc3ccccc3[nH]c2=O)cc1. The van der Waals surface area contributed by atoms with Crippen LogP contribution in [0.3, 0.4) is 0 Å². The summed E-state index contributed by atoms with van der Waals surface area (Å²) in [6.07, 6.45) is 2.77. The molecule has 1 heterocycles. The fourth-order valence-corrected chi connectivity index (χ4v) is 2.99. The lowest BCUT2D eigenvalue weighted by Crippen LogP contribution is -2.12. The maximum absolute atomic E-state index is 12.1. The number of benzene rings is 2. The van der Waals surface area contributed by atoms with Gasteiger partial charge in [0.2, 0.25) is 0 Å². The van der Waals surface area contributed by atoms with Crippen LogP contribution in [0.1, 0.15) is 16.7 Å². The summed E-state index contributed by atoms with van der Waals surface area (Å²) < 4.78 is 0. The van der Waals surface area contributed by atoms with Crippen molar-refractivity contribution >= 4 is 22.7 Å². The Morgan fingerprint density at radius 3 is 2.48 bits per heavy atom. The van der Waals surface area contributed by atoms with Crippen molar-refractivity contribution in [2.45, 2.75) is 12.2 Å². The van der Waals surface area contributed by atoms with Gasteiger partial charge in [-0.1, -0.05) is 42.5 Å². The topological polar surface area (TPSA) is 32.9 Å². The van der Waals surface area contributed by atoms with Gasteiger partial charge in [-0.2, -0.15) is 11.8 Å². The van der Waals surface area contributed by atoms with Gasteiger partial charge in [0.05, 0.1) is 0 Å². The first-order valence-corrected chi connectivity index (χ1v) is 8.33. The van der Waals surface area contributed by atoms with Crippen molar-refractivity contribution in [1.29, 1.82) is 0 Å². The molecule has 0 unspecified atom stereocenters. The second-order valence-corrected chi connectivity index (χ2v) is 6.00. The van der Waals surface area contributed by atoms with Crippen molar-refractivity contribution in [3.05, 3.63) is 81.6 Å². The second kappa shape index (κ2) is 6.19. The molecule has 0 bridgehead atoms. The highest BCUT2D eigenvalue weighted by Crippen LogP contribution is 2.15. The third-order valence-electron chi connectivity index (χ3n) is 3.56. The van der Waals surface area contributed by atoms with Crippen LogP contribution in [0.15, 0.2) is 59.4 Å². The zero-order valence-corrected chi connectivity index (χ0v) is 12.7. The smallest absolute Gasteiger partial charge is 0.251 e. The molecule has 0 aliphatic carbocycles. The number of hydrogen-bond acceptors (Lipinski definition) is 2. The van der Waals surface area contributed by atoms with Crippen molar-refractivity contribution in [3.8, 4) is 0 Å². The van der Waals surface area contributed by atoms with Gasteiger partial charge in [0.1, 0.15) is 0 Å². The Morgan fingerprint density at radius 1 is 1.00 bits per heavy atom. The first kappa shape index (κ1) is 14.0. The maximum atomic E-state index is 12.1. The number of fused-ring (bicyclic) bond motifs is 1. The summed E-state index contributed by atoms with van der Waals surface area (Å²) in [5.41, 5.74) is 4.19. The number of aromatic amines is 1. The van der Waals surface area contributed by atoms with E-state index in [-0.39, 0.29) is 5.56 Å². The van der Waals surface area contributed by atoms with E-state index < -0.39 is 0 Å². The fraction of sp³-hybridized carbons (Fsp3) is 0.167. The molecular weight excluding hydrogens is 278 g/mol. The molecule has 0 atom stereocenters. The van der Waals surface area contributed by atoms with Crippen molar-refractivity contribution in [2.75, 3.05) is 6.26 Å². The Kier molecular flexibility index (Phi) is 4.11. The lowest BCUT2D eigenvalue weighted by atomic mass is 10.0. The molecule has 0 aliphatic heterocycles. The van der Waals surface area contributed by atoms with Crippen molar-refractivity contribution in [1.82, 2.24) is 4.98 Å². The van der Waals surface area contributed by atoms with Gasteiger partial charge in [0.15, 0.2) is 0 Å². The highest BCUT2D eigenvalue weighted by atomic mass is 32.2. The molecular formula is C18H17NOS. The monoisotopic (exact) mass is 295 g/mol. The summed E-state index contributed by atoms with van der Waals surface area (Å²) in [5.74, 6) is 1.02. The molecule has 3 heteroatoms. The van der Waals surface area contributed by atoms with Crippen LogP contribution in [0.2, 0.25) is 0 Å². The fourth-order valence-electron chi connectivity index (χ4n) is 2.46. The molecule has 21 heavy (non-hydrogen) atoms.